The highest BCUT2D eigenvalue weighted by molar-refractivity contribution is 6.22. The van der Waals surface area contributed by atoms with E-state index in [9.17, 15) is 14.4 Å². The van der Waals surface area contributed by atoms with Crippen molar-refractivity contribution in [1.82, 2.24) is 15.1 Å². The van der Waals surface area contributed by atoms with Crippen molar-refractivity contribution in [2.24, 2.45) is 0 Å². The number of methoxy groups -OCH3 is 1. The average molecular weight is 408 g/mol. The fourth-order valence-corrected chi connectivity index (χ4v) is 3.88. The molecule has 156 valence electrons. The van der Waals surface area contributed by atoms with E-state index in [1.165, 1.54) is 0 Å². The van der Waals surface area contributed by atoms with Gasteiger partial charge in [-0.3, -0.25) is 24.6 Å². The summed E-state index contributed by atoms with van der Waals surface area (Å²) in [4.78, 5) is 41.4. The van der Waals surface area contributed by atoms with E-state index in [-0.39, 0.29) is 11.5 Å². The number of hydrogen-bond donors (Lipinski definition) is 2. The van der Waals surface area contributed by atoms with Crippen LogP contribution in [0.4, 0.5) is 5.69 Å². The summed E-state index contributed by atoms with van der Waals surface area (Å²) in [6.07, 6.45) is 0. The molecule has 2 aromatic rings. The molecule has 2 N–H and O–H groups in total. The number of fused-ring (bicyclic) bond motifs is 1. The Balaban J connectivity index is 1.62. The number of benzene rings is 2. The molecule has 2 aliphatic heterocycles. The van der Waals surface area contributed by atoms with E-state index in [0.717, 1.165) is 31.7 Å². The molecular weight excluding hydrogens is 384 g/mol. The highest BCUT2D eigenvalue weighted by Gasteiger charge is 2.31. The van der Waals surface area contributed by atoms with E-state index in [0.29, 0.717) is 17.0 Å². The summed E-state index contributed by atoms with van der Waals surface area (Å²) in [6.45, 7) is 3.25. The second-order valence-corrected chi connectivity index (χ2v) is 7.55. The topological polar surface area (TPSA) is 91.0 Å². The Morgan fingerprint density at radius 2 is 1.77 bits per heavy atom. The van der Waals surface area contributed by atoms with Gasteiger partial charge in [0.1, 0.15) is 11.8 Å². The zero-order valence-corrected chi connectivity index (χ0v) is 17.0. The average Bonchev–Trinajstić information content (AvgIpc) is 3.03. The lowest BCUT2D eigenvalue weighted by atomic mass is 10.0. The van der Waals surface area contributed by atoms with Gasteiger partial charge in [0.25, 0.3) is 11.8 Å². The Labute approximate surface area is 174 Å². The lowest BCUT2D eigenvalue weighted by Crippen LogP contribution is -2.48. The lowest BCUT2D eigenvalue weighted by molar-refractivity contribution is -0.122. The van der Waals surface area contributed by atoms with Crippen LogP contribution in [-0.2, 0) is 4.79 Å². The molecule has 8 heteroatoms. The second kappa shape index (κ2) is 8.25. The fourth-order valence-electron chi connectivity index (χ4n) is 3.88. The Kier molecular flexibility index (Phi) is 5.52. The molecule has 8 nitrogen and oxygen atoms in total. The van der Waals surface area contributed by atoms with Crippen LogP contribution in [0.25, 0.3) is 0 Å². The minimum Gasteiger partial charge on any atom is -0.497 e. The molecule has 0 bridgehead atoms. The molecule has 2 aromatic carbocycles. The maximum Gasteiger partial charge on any atom is 0.259 e. The normalized spacial score (nSPS) is 17.9. The first-order chi connectivity index (χ1) is 14.5. The smallest absolute Gasteiger partial charge is 0.259 e. The van der Waals surface area contributed by atoms with E-state index in [2.05, 4.69) is 27.5 Å². The number of carbonyl (C=O) groups excluding carboxylic acids is 3. The molecule has 2 heterocycles. The van der Waals surface area contributed by atoms with E-state index in [1.54, 1.807) is 25.3 Å². The number of anilines is 1. The predicted octanol–water partition coefficient (Wildman–Crippen LogP) is 1.51. The first kappa shape index (κ1) is 20.1. The molecule has 30 heavy (non-hydrogen) atoms. The molecule has 3 amide bonds. The summed E-state index contributed by atoms with van der Waals surface area (Å²) in [6, 6.07) is 11.7. The number of amides is 3. The van der Waals surface area contributed by atoms with Crippen LogP contribution in [-0.4, -0.2) is 67.9 Å². The van der Waals surface area contributed by atoms with Gasteiger partial charge in [0.05, 0.1) is 18.2 Å². The number of imide groups is 1. The van der Waals surface area contributed by atoms with Crippen molar-refractivity contribution in [3.8, 4) is 5.75 Å². The van der Waals surface area contributed by atoms with E-state index < -0.39 is 17.9 Å². The zero-order valence-electron chi connectivity index (χ0n) is 17.0. The number of ether oxygens (including phenoxy) is 1. The molecule has 0 aromatic heterocycles. The quantitative estimate of drug-likeness (QED) is 0.729. The monoisotopic (exact) mass is 408 g/mol. The van der Waals surface area contributed by atoms with Gasteiger partial charge in [0, 0.05) is 31.9 Å². The number of rotatable bonds is 5. The molecule has 1 fully saturated rings. The van der Waals surface area contributed by atoms with Crippen molar-refractivity contribution in [2.45, 2.75) is 6.04 Å². The largest absolute Gasteiger partial charge is 0.497 e. The highest BCUT2D eigenvalue weighted by atomic mass is 16.5. The van der Waals surface area contributed by atoms with Crippen molar-refractivity contribution >= 4 is 23.4 Å². The minimum absolute atomic E-state index is 0.197. The van der Waals surface area contributed by atoms with Gasteiger partial charge in [-0.1, -0.05) is 12.1 Å². The van der Waals surface area contributed by atoms with Gasteiger partial charge in [-0.15, -0.1) is 0 Å². The Morgan fingerprint density at radius 1 is 1.03 bits per heavy atom. The molecule has 0 aliphatic carbocycles. The van der Waals surface area contributed by atoms with Crippen molar-refractivity contribution < 1.29 is 19.1 Å². The van der Waals surface area contributed by atoms with Crippen molar-refractivity contribution in [3.63, 3.8) is 0 Å². The molecule has 0 saturated carbocycles. The Morgan fingerprint density at radius 3 is 2.50 bits per heavy atom. The first-order valence-electron chi connectivity index (χ1n) is 9.83. The van der Waals surface area contributed by atoms with Gasteiger partial charge in [-0.05, 0) is 42.9 Å². The maximum atomic E-state index is 13.4. The number of hydrogen-bond acceptors (Lipinski definition) is 6. The number of likely N-dealkylation sites (N-methyl/N-ethyl adjacent to an activating group) is 1. The van der Waals surface area contributed by atoms with Gasteiger partial charge < -0.3 is 15.0 Å². The van der Waals surface area contributed by atoms with Crippen LogP contribution in [0.5, 0.6) is 5.75 Å². The van der Waals surface area contributed by atoms with Crippen LogP contribution in [0.1, 0.15) is 32.3 Å². The summed E-state index contributed by atoms with van der Waals surface area (Å²) < 4.78 is 5.34. The van der Waals surface area contributed by atoms with Gasteiger partial charge in [0.2, 0.25) is 5.91 Å². The molecular formula is C22H24N4O4. The van der Waals surface area contributed by atoms with Crippen LogP contribution in [0.15, 0.2) is 42.5 Å². The number of carbonyl (C=O) groups is 3. The predicted molar refractivity (Wildman–Crippen MR) is 112 cm³/mol. The molecule has 2 aliphatic rings. The second-order valence-electron chi connectivity index (χ2n) is 7.55. The standard InChI is InChI=1S/C22H24N4O4/c1-25-8-10-26(11-9-25)19(14-4-3-5-16(12-14)30-2)22(29)23-15-6-7-17-18(13-15)21(28)24-20(17)27/h3-7,12-13,19H,8-11H2,1-2H3,(H,23,29)(H,24,27,28). The SMILES string of the molecule is COc1cccc(C(C(=O)Nc2ccc3c(c2)C(=O)NC3=O)N2CCN(C)CC2)c1. The van der Waals surface area contributed by atoms with Gasteiger partial charge in [-0.25, -0.2) is 0 Å². The Hall–Kier alpha value is -3.23. The summed E-state index contributed by atoms with van der Waals surface area (Å²) in [5.41, 5.74) is 1.91. The highest BCUT2D eigenvalue weighted by Crippen LogP contribution is 2.28. The third-order valence-electron chi connectivity index (χ3n) is 5.56. The van der Waals surface area contributed by atoms with E-state index >= 15 is 0 Å². The number of nitrogens with one attached hydrogen (secondary N) is 2. The summed E-state index contributed by atoms with van der Waals surface area (Å²) in [5, 5.41) is 5.19. The molecule has 1 unspecified atom stereocenters. The van der Waals surface area contributed by atoms with E-state index in [1.807, 2.05) is 24.3 Å². The summed E-state index contributed by atoms with van der Waals surface area (Å²) in [7, 11) is 3.66. The summed E-state index contributed by atoms with van der Waals surface area (Å²) in [5.74, 6) is -0.376. The minimum atomic E-state index is -0.502. The van der Waals surface area contributed by atoms with Crippen LogP contribution >= 0.6 is 0 Å². The molecule has 4 rings (SSSR count). The third kappa shape index (κ3) is 3.92. The van der Waals surface area contributed by atoms with Crippen molar-refractivity contribution in [2.75, 3.05) is 45.7 Å². The number of nitrogens with zero attached hydrogens (tertiary/aromatic N) is 2. The number of piperazine rings is 1. The molecule has 1 atom stereocenters. The lowest BCUT2D eigenvalue weighted by Gasteiger charge is -2.37. The summed E-state index contributed by atoms with van der Waals surface area (Å²) >= 11 is 0. The van der Waals surface area contributed by atoms with Crippen molar-refractivity contribution in [3.05, 3.63) is 59.2 Å². The molecule has 0 radical (unpaired) electrons. The van der Waals surface area contributed by atoms with Crippen molar-refractivity contribution in [1.29, 1.82) is 0 Å². The van der Waals surface area contributed by atoms with Crippen LogP contribution in [0.3, 0.4) is 0 Å². The Bertz CT molecular complexity index is 998. The van der Waals surface area contributed by atoms with Gasteiger partial charge in [-0.2, -0.15) is 0 Å². The molecule has 0 spiro atoms. The van der Waals surface area contributed by atoms with Crippen LogP contribution in [0, 0.1) is 0 Å². The first-order valence-corrected chi connectivity index (χ1v) is 9.83. The fraction of sp³-hybridized carbons (Fsp3) is 0.318. The van der Waals surface area contributed by atoms with Gasteiger partial charge in [0.15, 0.2) is 0 Å². The van der Waals surface area contributed by atoms with Crippen LogP contribution in [0.2, 0.25) is 0 Å². The molecule has 1 saturated heterocycles. The van der Waals surface area contributed by atoms with Crippen LogP contribution < -0.4 is 15.4 Å². The van der Waals surface area contributed by atoms with E-state index in [4.69, 9.17) is 4.74 Å². The maximum absolute atomic E-state index is 13.4. The third-order valence-corrected chi connectivity index (χ3v) is 5.56. The van der Waals surface area contributed by atoms with Gasteiger partial charge >= 0.3 is 0 Å². The zero-order chi connectivity index (χ0) is 21.3.